The Bertz CT molecular complexity index is 1050. The van der Waals surface area contributed by atoms with Gasteiger partial charge in [0.05, 0.1) is 11.4 Å². The smallest absolute Gasteiger partial charge is 0.264 e. The SMILES string of the molecule is CCCCN(Cc1cccn1Cc1ccc(Br)cc1)C(=O)CN(C(=O)c1cccs1)C(C)CC. The van der Waals surface area contributed by atoms with E-state index in [1.54, 1.807) is 4.90 Å². The van der Waals surface area contributed by atoms with Gasteiger partial charge in [-0.25, -0.2) is 0 Å². The van der Waals surface area contributed by atoms with Crippen molar-refractivity contribution in [3.63, 3.8) is 0 Å². The number of hydrogen-bond donors (Lipinski definition) is 0. The Morgan fingerprint density at radius 1 is 1.09 bits per heavy atom. The Morgan fingerprint density at radius 2 is 1.85 bits per heavy atom. The summed E-state index contributed by atoms with van der Waals surface area (Å²) in [6.07, 6.45) is 4.80. The van der Waals surface area contributed by atoms with Gasteiger partial charge < -0.3 is 14.4 Å². The van der Waals surface area contributed by atoms with Gasteiger partial charge in [0.1, 0.15) is 6.54 Å². The van der Waals surface area contributed by atoms with Gasteiger partial charge in [-0.15, -0.1) is 11.3 Å². The highest BCUT2D eigenvalue weighted by Crippen LogP contribution is 2.18. The molecule has 182 valence electrons. The van der Waals surface area contributed by atoms with Gasteiger partial charge in [-0.1, -0.05) is 54.4 Å². The number of hydrogen-bond acceptors (Lipinski definition) is 3. The predicted molar refractivity (Wildman–Crippen MR) is 143 cm³/mol. The van der Waals surface area contributed by atoms with Gasteiger partial charge in [-0.05, 0) is 61.0 Å². The van der Waals surface area contributed by atoms with Crippen molar-refractivity contribution in [2.75, 3.05) is 13.1 Å². The number of halogens is 1. The van der Waals surface area contributed by atoms with Gasteiger partial charge in [0.15, 0.2) is 0 Å². The maximum Gasteiger partial charge on any atom is 0.264 e. The van der Waals surface area contributed by atoms with E-state index in [0.717, 1.165) is 36.0 Å². The van der Waals surface area contributed by atoms with Crippen LogP contribution in [0.25, 0.3) is 0 Å². The molecule has 0 radical (unpaired) electrons. The molecule has 1 atom stereocenters. The molecule has 3 rings (SSSR count). The number of rotatable bonds is 12. The number of amides is 2. The zero-order chi connectivity index (χ0) is 24.5. The third kappa shape index (κ3) is 7.06. The fourth-order valence-electron chi connectivity index (χ4n) is 3.81. The first-order valence-electron chi connectivity index (χ1n) is 11.9. The van der Waals surface area contributed by atoms with E-state index in [1.807, 2.05) is 54.5 Å². The summed E-state index contributed by atoms with van der Waals surface area (Å²) in [6.45, 7) is 8.26. The third-order valence-electron chi connectivity index (χ3n) is 6.10. The molecule has 1 aromatic carbocycles. The Kier molecular flexibility index (Phi) is 9.96. The first-order chi connectivity index (χ1) is 16.4. The maximum absolute atomic E-state index is 13.5. The highest BCUT2D eigenvalue weighted by molar-refractivity contribution is 9.10. The van der Waals surface area contributed by atoms with Gasteiger partial charge in [0, 0.05) is 35.5 Å². The van der Waals surface area contributed by atoms with Crippen molar-refractivity contribution in [3.8, 4) is 0 Å². The summed E-state index contributed by atoms with van der Waals surface area (Å²) >= 11 is 4.91. The van der Waals surface area contributed by atoms with Gasteiger partial charge >= 0.3 is 0 Å². The van der Waals surface area contributed by atoms with Gasteiger partial charge in [0.25, 0.3) is 5.91 Å². The van der Waals surface area contributed by atoms with E-state index in [-0.39, 0.29) is 24.4 Å². The fraction of sp³-hybridized carbons (Fsp3) is 0.407. The normalized spacial score (nSPS) is 11.9. The van der Waals surface area contributed by atoms with E-state index in [0.29, 0.717) is 18.0 Å². The largest absolute Gasteiger partial charge is 0.345 e. The van der Waals surface area contributed by atoms with E-state index in [9.17, 15) is 9.59 Å². The Morgan fingerprint density at radius 3 is 2.50 bits per heavy atom. The molecule has 0 bridgehead atoms. The molecule has 0 aliphatic heterocycles. The van der Waals surface area contributed by atoms with E-state index >= 15 is 0 Å². The molecule has 1 unspecified atom stereocenters. The number of aromatic nitrogens is 1. The van der Waals surface area contributed by atoms with Crippen LogP contribution in [0.15, 0.2) is 64.6 Å². The molecule has 0 saturated heterocycles. The molecule has 0 aliphatic carbocycles. The summed E-state index contributed by atoms with van der Waals surface area (Å²) in [5, 5.41) is 1.90. The number of thiophene rings is 1. The quantitative estimate of drug-likeness (QED) is 0.264. The average molecular weight is 545 g/mol. The maximum atomic E-state index is 13.5. The topological polar surface area (TPSA) is 45.6 Å². The molecule has 0 saturated carbocycles. The van der Waals surface area contributed by atoms with Crippen molar-refractivity contribution in [1.82, 2.24) is 14.4 Å². The monoisotopic (exact) mass is 543 g/mol. The summed E-state index contributed by atoms with van der Waals surface area (Å²) in [5.41, 5.74) is 2.30. The van der Waals surface area contributed by atoms with Crippen LogP contribution in [-0.4, -0.2) is 45.3 Å². The molecule has 0 spiro atoms. The standard InChI is InChI=1S/C27H34BrN3O2S/c1-4-6-15-30(19-24-9-7-16-29(24)18-22-11-13-23(28)14-12-22)26(32)20-31(21(3)5-2)27(33)25-10-8-17-34-25/h7-14,16-17,21H,4-6,15,18-20H2,1-3H3. The number of nitrogens with zero attached hydrogens (tertiary/aromatic N) is 3. The summed E-state index contributed by atoms with van der Waals surface area (Å²) in [6, 6.07) is 16.1. The average Bonchev–Trinajstić information content (AvgIpc) is 3.53. The molecular weight excluding hydrogens is 510 g/mol. The Labute approximate surface area is 215 Å². The van der Waals surface area contributed by atoms with Gasteiger partial charge in [-0.3, -0.25) is 9.59 Å². The second-order valence-corrected chi connectivity index (χ2v) is 10.5. The minimum atomic E-state index is -0.0632. The van der Waals surface area contributed by atoms with E-state index < -0.39 is 0 Å². The first-order valence-corrected chi connectivity index (χ1v) is 13.6. The van der Waals surface area contributed by atoms with Crippen LogP contribution in [0.3, 0.4) is 0 Å². The summed E-state index contributed by atoms with van der Waals surface area (Å²) in [7, 11) is 0. The molecule has 34 heavy (non-hydrogen) atoms. The molecule has 7 heteroatoms. The van der Waals surface area contributed by atoms with Crippen LogP contribution in [0.2, 0.25) is 0 Å². The predicted octanol–water partition coefficient (Wildman–Crippen LogP) is 6.43. The van der Waals surface area contributed by atoms with Crippen molar-refractivity contribution >= 4 is 39.1 Å². The number of benzene rings is 1. The third-order valence-corrected chi connectivity index (χ3v) is 7.48. The second-order valence-electron chi connectivity index (χ2n) is 8.59. The van der Waals surface area contributed by atoms with Gasteiger partial charge in [0.2, 0.25) is 5.91 Å². The highest BCUT2D eigenvalue weighted by atomic mass is 79.9. The van der Waals surface area contributed by atoms with Crippen LogP contribution in [0, 0.1) is 0 Å². The molecule has 0 fully saturated rings. The number of carbonyl (C=O) groups is 2. The van der Waals surface area contributed by atoms with Crippen LogP contribution in [0.4, 0.5) is 0 Å². The van der Waals surface area contributed by atoms with E-state index in [2.05, 4.69) is 51.8 Å². The molecule has 2 amide bonds. The van der Waals surface area contributed by atoms with Crippen LogP contribution in [0.5, 0.6) is 0 Å². The highest BCUT2D eigenvalue weighted by Gasteiger charge is 2.26. The zero-order valence-corrected chi connectivity index (χ0v) is 22.6. The van der Waals surface area contributed by atoms with E-state index in [1.165, 1.54) is 16.9 Å². The zero-order valence-electron chi connectivity index (χ0n) is 20.2. The lowest BCUT2D eigenvalue weighted by Gasteiger charge is -2.31. The summed E-state index contributed by atoms with van der Waals surface area (Å²) in [4.78, 5) is 31.0. The van der Waals surface area contributed by atoms with Crippen LogP contribution in [0.1, 0.15) is 61.0 Å². The Balaban J connectivity index is 1.76. The van der Waals surface area contributed by atoms with Crippen molar-refractivity contribution in [1.29, 1.82) is 0 Å². The lowest BCUT2D eigenvalue weighted by Crippen LogP contribution is -2.46. The minimum absolute atomic E-state index is 0.00459. The molecule has 3 aromatic rings. The number of unbranched alkanes of at least 4 members (excludes halogenated alkanes) is 1. The lowest BCUT2D eigenvalue weighted by atomic mass is 10.2. The molecule has 2 aromatic heterocycles. The van der Waals surface area contributed by atoms with E-state index in [4.69, 9.17) is 0 Å². The molecule has 2 heterocycles. The van der Waals surface area contributed by atoms with Crippen molar-refractivity contribution < 1.29 is 9.59 Å². The summed E-state index contributed by atoms with van der Waals surface area (Å²) in [5.74, 6) is -0.0678. The van der Waals surface area contributed by atoms with Gasteiger partial charge in [-0.2, -0.15) is 0 Å². The van der Waals surface area contributed by atoms with Crippen LogP contribution >= 0.6 is 27.3 Å². The second kappa shape index (κ2) is 12.9. The number of carbonyl (C=O) groups excluding carboxylic acids is 2. The van der Waals surface area contributed by atoms with Crippen molar-refractivity contribution in [3.05, 3.63) is 80.7 Å². The van der Waals surface area contributed by atoms with Crippen LogP contribution in [-0.2, 0) is 17.9 Å². The fourth-order valence-corrected chi connectivity index (χ4v) is 4.75. The Hall–Kier alpha value is -2.38. The molecule has 5 nitrogen and oxygen atoms in total. The minimum Gasteiger partial charge on any atom is -0.345 e. The summed E-state index contributed by atoms with van der Waals surface area (Å²) < 4.78 is 3.25. The van der Waals surface area contributed by atoms with Crippen molar-refractivity contribution in [2.45, 2.75) is 59.2 Å². The van der Waals surface area contributed by atoms with Crippen LogP contribution < -0.4 is 0 Å². The molecular formula is C27H34BrN3O2S. The molecule has 0 N–H and O–H groups in total. The first kappa shape index (κ1) is 26.2. The lowest BCUT2D eigenvalue weighted by molar-refractivity contribution is -0.133. The molecule has 0 aliphatic rings. The van der Waals surface area contributed by atoms with Crippen molar-refractivity contribution in [2.24, 2.45) is 0 Å².